The summed E-state index contributed by atoms with van der Waals surface area (Å²) in [7, 11) is 4.03. The maximum absolute atomic E-state index is 11.0. The van der Waals surface area contributed by atoms with Crippen LogP contribution in [-0.2, 0) is 4.79 Å². The number of carboxylic acid groups (broad SMARTS) is 1. The Labute approximate surface area is 91.9 Å². The molecule has 1 heterocycles. The second kappa shape index (κ2) is 4.94. The molecule has 4 heteroatoms. The first kappa shape index (κ1) is 12.5. The zero-order valence-electron chi connectivity index (χ0n) is 10.1. The Balaban J connectivity index is 2.60. The first-order valence-electron chi connectivity index (χ1n) is 5.62. The lowest BCUT2D eigenvalue weighted by atomic mass is 10.1. The van der Waals surface area contributed by atoms with E-state index in [4.69, 9.17) is 5.11 Å². The number of hydrogen-bond acceptors (Lipinski definition) is 3. The molecule has 1 aliphatic heterocycles. The van der Waals surface area contributed by atoms with Gasteiger partial charge in [0.15, 0.2) is 0 Å². The second-order valence-electron chi connectivity index (χ2n) is 4.61. The molecule has 0 spiro atoms. The number of aliphatic carboxylic acids is 1. The molecule has 0 aromatic rings. The van der Waals surface area contributed by atoms with Gasteiger partial charge in [0.05, 0.1) is 0 Å². The van der Waals surface area contributed by atoms with Gasteiger partial charge in [-0.3, -0.25) is 9.69 Å². The van der Waals surface area contributed by atoms with E-state index in [0.29, 0.717) is 18.5 Å². The van der Waals surface area contributed by atoms with Gasteiger partial charge in [0.1, 0.15) is 6.04 Å². The summed E-state index contributed by atoms with van der Waals surface area (Å²) >= 11 is 0. The first-order valence-corrected chi connectivity index (χ1v) is 5.62. The number of hydrogen-bond donors (Lipinski definition) is 1. The highest BCUT2D eigenvalue weighted by Gasteiger charge is 2.33. The second-order valence-corrected chi connectivity index (χ2v) is 4.61. The van der Waals surface area contributed by atoms with Crippen molar-refractivity contribution in [2.45, 2.75) is 44.8 Å². The van der Waals surface area contributed by atoms with Gasteiger partial charge < -0.3 is 10.0 Å². The fourth-order valence-corrected chi connectivity index (χ4v) is 2.35. The third-order valence-corrected chi connectivity index (χ3v) is 3.60. The molecule has 0 saturated carbocycles. The molecule has 0 aliphatic carbocycles. The molecule has 15 heavy (non-hydrogen) atoms. The number of likely N-dealkylation sites (N-methyl/N-ethyl adjacent to an activating group) is 2. The molecule has 1 saturated heterocycles. The molecular formula is C11H22N2O2. The van der Waals surface area contributed by atoms with E-state index in [1.54, 1.807) is 0 Å². The van der Waals surface area contributed by atoms with Gasteiger partial charge in [-0.05, 0) is 33.9 Å². The Morgan fingerprint density at radius 2 is 2.27 bits per heavy atom. The van der Waals surface area contributed by atoms with Crippen LogP contribution in [0.15, 0.2) is 0 Å². The van der Waals surface area contributed by atoms with E-state index in [2.05, 4.69) is 18.9 Å². The van der Waals surface area contributed by atoms with Crippen LogP contribution in [0.2, 0.25) is 0 Å². The van der Waals surface area contributed by atoms with Gasteiger partial charge in [-0.15, -0.1) is 0 Å². The molecule has 0 aromatic carbocycles. The minimum Gasteiger partial charge on any atom is -0.480 e. The quantitative estimate of drug-likeness (QED) is 0.754. The Kier molecular flexibility index (Phi) is 4.11. The van der Waals surface area contributed by atoms with Gasteiger partial charge in [-0.1, -0.05) is 6.92 Å². The fourth-order valence-electron chi connectivity index (χ4n) is 2.35. The largest absolute Gasteiger partial charge is 0.480 e. The molecule has 1 aliphatic rings. The van der Waals surface area contributed by atoms with Gasteiger partial charge in [-0.2, -0.15) is 0 Å². The van der Waals surface area contributed by atoms with Crippen molar-refractivity contribution in [1.82, 2.24) is 9.80 Å². The normalized spacial score (nSPS) is 29.7. The molecule has 0 radical (unpaired) electrons. The maximum Gasteiger partial charge on any atom is 0.320 e. The van der Waals surface area contributed by atoms with E-state index in [0.717, 1.165) is 13.0 Å². The molecule has 4 nitrogen and oxygen atoms in total. The number of carboxylic acids is 1. The third kappa shape index (κ3) is 2.69. The lowest BCUT2D eigenvalue weighted by molar-refractivity contribution is -0.143. The predicted octanol–water partition coefficient (Wildman–Crippen LogP) is 0.874. The van der Waals surface area contributed by atoms with Gasteiger partial charge >= 0.3 is 5.97 Å². The van der Waals surface area contributed by atoms with Crippen molar-refractivity contribution in [3.05, 3.63) is 0 Å². The molecule has 1 rings (SSSR count). The summed E-state index contributed by atoms with van der Waals surface area (Å²) in [4.78, 5) is 15.3. The van der Waals surface area contributed by atoms with Crippen LogP contribution in [0.4, 0.5) is 0 Å². The lowest BCUT2D eigenvalue weighted by Gasteiger charge is -2.29. The van der Waals surface area contributed by atoms with E-state index in [1.165, 1.54) is 0 Å². The van der Waals surface area contributed by atoms with Crippen LogP contribution in [0.25, 0.3) is 0 Å². The van der Waals surface area contributed by atoms with Gasteiger partial charge in [0.25, 0.3) is 0 Å². The summed E-state index contributed by atoms with van der Waals surface area (Å²) in [5, 5.41) is 9.08. The van der Waals surface area contributed by atoms with E-state index < -0.39 is 5.97 Å². The van der Waals surface area contributed by atoms with Gasteiger partial charge in [0, 0.05) is 18.6 Å². The van der Waals surface area contributed by atoms with Crippen molar-refractivity contribution in [2.75, 3.05) is 20.6 Å². The third-order valence-electron chi connectivity index (χ3n) is 3.60. The van der Waals surface area contributed by atoms with Crippen LogP contribution in [0, 0.1) is 0 Å². The van der Waals surface area contributed by atoms with Crippen molar-refractivity contribution < 1.29 is 9.90 Å². The summed E-state index contributed by atoms with van der Waals surface area (Å²) < 4.78 is 0. The SMILES string of the molecule is CCC(C(=O)O)N(C)C1CC(C)N(C)C1. The monoisotopic (exact) mass is 214 g/mol. The van der Waals surface area contributed by atoms with Crippen molar-refractivity contribution in [3.8, 4) is 0 Å². The van der Waals surface area contributed by atoms with Crippen LogP contribution in [-0.4, -0.2) is 59.6 Å². The molecule has 0 aromatic heterocycles. The average Bonchev–Trinajstić information content (AvgIpc) is 2.47. The predicted molar refractivity (Wildman–Crippen MR) is 60.0 cm³/mol. The van der Waals surface area contributed by atoms with Crippen molar-refractivity contribution in [1.29, 1.82) is 0 Å². The highest BCUT2D eigenvalue weighted by molar-refractivity contribution is 5.73. The Hall–Kier alpha value is -0.610. The van der Waals surface area contributed by atoms with Crippen LogP contribution in [0.1, 0.15) is 26.7 Å². The minimum atomic E-state index is -0.706. The van der Waals surface area contributed by atoms with Crippen molar-refractivity contribution >= 4 is 5.97 Å². The molecule has 0 bridgehead atoms. The molecule has 0 amide bonds. The number of likely N-dealkylation sites (tertiary alicyclic amines) is 1. The highest BCUT2D eigenvalue weighted by atomic mass is 16.4. The molecular weight excluding hydrogens is 192 g/mol. The Morgan fingerprint density at radius 1 is 1.67 bits per heavy atom. The maximum atomic E-state index is 11.0. The van der Waals surface area contributed by atoms with Crippen LogP contribution in [0.5, 0.6) is 0 Å². The number of rotatable bonds is 4. The lowest BCUT2D eigenvalue weighted by Crippen LogP contribution is -2.45. The highest BCUT2D eigenvalue weighted by Crippen LogP contribution is 2.21. The zero-order valence-corrected chi connectivity index (χ0v) is 10.1. The van der Waals surface area contributed by atoms with Crippen LogP contribution >= 0.6 is 0 Å². The van der Waals surface area contributed by atoms with Crippen LogP contribution < -0.4 is 0 Å². The van der Waals surface area contributed by atoms with E-state index >= 15 is 0 Å². The molecule has 1 fully saturated rings. The van der Waals surface area contributed by atoms with Gasteiger partial charge in [-0.25, -0.2) is 0 Å². The zero-order chi connectivity index (χ0) is 11.6. The average molecular weight is 214 g/mol. The summed E-state index contributed by atoms with van der Waals surface area (Å²) in [6.07, 6.45) is 1.73. The summed E-state index contributed by atoms with van der Waals surface area (Å²) in [6.45, 7) is 5.09. The molecule has 3 unspecified atom stereocenters. The van der Waals surface area contributed by atoms with Crippen LogP contribution in [0.3, 0.4) is 0 Å². The first-order chi connectivity index (χ1) is 6.97. The summed E-state index contributed by atoms with van der Waals surface area (Å²) in [5.74, 6) is -0.706. The van der Waals surface area contributed by atoms with E-state index in [-0.39, 0.29) is 6.04 Å². The van der Waals surface area contributed by atoms with Crippen molar-refractivity contribution in [2.24, 2.45) is 0 Å². The summed E-state index contributed by atoms with van der Waals surface area (Å²) in [6, 6.07) is 0.600. The summed E-state index contributed by atoms with van der Waals surface area (Å²) in [5.41, 5.74) is 0. The topological polar surface area (TPSA) is 43.8 Å². The Morgan fingerprint density at radius 3 is 2.60 bits per heavy atom. The Bertz CT molecular complexity index is 223. The van der Waals surface area contributed by atoms with E-state index in [1.807, 2.05) is 18.9 Å². The van der Waals surface area contributed by atoms with Crippen molar-refractivity contribution in [3.63, 3.8) is 0 Å². The molecule has 88 valence electrons. The standard InChI is InChI=1S/C11H22N2O2/c1-5-10(11(14)15)13(4)9-6-8(2)12(3)7-9/h8-10H,5-7H2,1-4H3,(H,14,15). The fraction of sp³-hybridized carbons (Fsp3) is 0.909. The number of nitrogens with zero attached hydrogens (tertiary/aromatic N) is 2. The molecule has 1 N–H and O–H groups in total. The van der Waals surface area contributed by atoms with Gasteiger partial charge in [0.2, 0.25) is 0 Å². The van der Waals surface area contributed by atoms with E-state index in [9.17, 15) is 4.79 Å². The smallest absolute Gasteiger partial charge is 0.320 e. The molecule has 3 atom stereocenters. The minimum absolute atomic E-state index is 0.339. The number of carbonyl (C=O) groups is 1.